The van der Waals surface area contributed by atoms with Crippen molar-refractivity contribution in [1.82, 2.24) is 5.32 Å². The van der Waals surface area contributed by atoms with Crippen LogP contribution >= 0.6 is 0 Å². The molecule has 0 saturated heterocycles. The van der Waals surface area contributed by atoms with Crippen molar-refractivity contribution in [2.45, 2.75) is 6.42 Å². The Morgan fingerprint density at radius 3 is 2.11 bits per heavy atom. The van der Waals surface area contributed by atoms with Gasteiger partial charge in [0.1, 0.15) is 5.82 Å². The highest BCUT2D eigenvalue weighted by Crippen LogP contribution is 2.26. The van der Waals surface area contributed by atoms with Gasteiger partial charge < -0.3 is 11.1 Å². The van der Waals surface area contributed by atoms with E-state index in [0.29, 0.717) is 23.5 Å². The fourth-order valence-electron chi connectivity index (χ4n) is 2.73. The third-order valence-corrected chi connectivity index (χ3v) is 4.18. The van der Waals surface area contributed by atoms with E-state index in [1.165, 1.54) is 17.0 Å². The highest BCUT2D eigenvalue weighted by Gasteiger charge is 2.24. The third kappa shape index (κ3) is 4.73. The number of halogens is 1. The van der Waals surface area contributed by atoms with Crippen LogP contribution in [0, 0.1) is 5.82 Å². The number of anilines is 3. The first kappa shape index (κ1) is 19.1. The summed E-state index contributed by atoms with van der Waals surface area (Å²) >= 11 is 0. The van der Waals surface area contributed by atoms with Crippen LogP contribution < -0.4 is 16.0 Å². The Labute approximate surface area is 162 Å². The van der Waals surface area contributed by atoms with E-state index in [0.717, 1.165) is 5.56 Å². The van der Waals surface area contributed by atoms with Crippen LogP contribution in [0.4, 0.5) is 21.5 Å². The summed E-state index contributed by atoms with van der Waals surface area (Å²) in [6.07, 6.45) is 0.493. The SMILES string of the molecule is Nc1ccc(N(C(=O)C(=O)NCCc2ccc(F)cc2)c2ccccc2)cc1. The monoisotopic (exact) mass is 377 g/mol. The van der Waals surface area contributed by atoms with Gasteiger partial charge in [-0.2, -0.15) is 0 Å². The normalized spacial score (nSPS) is 10.3. The molecule has 0 saturated carbocycles. The summed E-state index contributed by atoms with van der Waals surface area (Å²) in [6.45, 7) is 0.264. The average Bonchev–Trinajstić information content (AvgIpc) is 2.72. The minimum Gasteiger partial charge on any atom is -0.399 e. The van der Waals surface area contributed by atoms with Gasteiger partial charge in [-0.1, -0.05) is 30.3 Å². The lowest BCUT2D eigenvalue weighted by Crippen LogP contribution is -2.41. The fraction of sp³-hybridized carbons (Fsp3) is 0.0909. The summed E-state index contributed by atoms with van der Waals surface area (Å²) in [5.41, 5.74) is 8.27. The molecule has 0 spiro atoms. The maximum Gasteiger partial charge on any atom is 0.320 e. The Bertz CT molecular complexity index is 942. The van der Waals surface area contributed by atoms with Crippen LogP contribution in [-0.2, 0) is 16.0 Å². The molecule has 3 aromatic rings. The molecule has 0 aliphatic rings. The molecule has 0 aliphatic carbocycles. The van der Waals surface area contributed by atoms with Crippen molar-refractivity contribution < 1.29 is 14.0 Å². The molecule has 3 N–H and O–H groups in total. The van der Waals surface area contributed by atoms with Crippen LogP contribution in [0.2, 0.25) is 0 Å². The smallest absolute Gasteiger partial charge is 0.320 e. The lowest BCUT2D eigenvalue weighted by atomic mass is 10.1. The number of carbonyl (C=O) groups is 2. The predicted octanol–water partition coefficient (Wildman–Crippen LogP) is 3.43. The van der Waals surface area contributed by atoms with E-state index in [4.69, 9.17) is 5.73 Å². The van der Waals surface area contributed by atoms with E-state index in [1.807, 2.05) is 6.07 Å². The van der Waals surface area contributed by atoms with Crippen molar-refractivity contribution in [3.8, 4) is 0 Å². The molecule has 0 fully saturated rings. The quantitative estimate of drug-likeness (QED) is 0.528. The van der Waals surface area contributed by atoms with Gasteiger partial charge in [0.05, 0.1) is 0 Å². The maximum absolute atomic E-state index is 13.0. The zero-order valence-electron chi connectivity index (χ0n) is 15.1. The van der Waals surface area contributed by atoms with Gasteiger partial charge in [0, 0.05) is 23.6 Å². The van der Waals surface area contributed by atoms with Gasteiger partial charge in [-0.15, -0.1) is 0 Å². The first-order valence-electron chi connectivity index (χ1n) is 8.82. The molecular weight excluding hydrogens is 357 g/mol. The molecule has 0 radical (unpaired) electrons. The maximum atomic E-state index is 13.0. The molecule has 0 aliphatic heterocycles. The molecule has 5 nitrogen and oxygen atoms in total. The van der Waals surface area contributed by atoms with Crippen LogP contribution in [0.15, 0.2) is 78.9 Å². The molecule has 3 rings (SSSR count). The number of benzene rings is 3. The third-order valence-electron chi connectivity index (χ3n) is 4.18. The van der Waals surface area contributed by atoms with Crippen molar-refractivity contribution in [1.29, 1.82) is 0 Å². The fourth-order valence-corrected chi connectivity index (χ4v) is 2.73. The van der Waals surface area contributed by atoms with E-state index >= 15 is 0 Å². The largest absolute Gasteiger partial charge is 0.399 e. The lowest BCUT2D eigenvalue weighted by Gasteiger charge is -2.22. The van der Waals surface area contributed by atoms with E-state index in [9.17, 15) is 14.0 Å². The second-order valence-electron chi connectivity index (χ2n) is 6.20. The van der Waals surface area contributed by atoms with Gasteiger partial charge in [0.15, 0.2) is 0 Å². The second-order valence-corrected chi connectivity index (χ2v) is 6.20. The minimum atomic E-state index is -0.720. The number of nitrogens with zero attached hydrogens (tertiary/aromatic N) is 1. The molecule has 142 valence electrons. The Morgan fingerprint density at radius 1 is 0.857 bits per heavy atom. The minimum absolute atomic E-state index is 0.264. The van der Waals surface area contributed by atoms with Gasteiger partial charge >= 0.3 is 11.8 Å². The topological polar surface area (TPSA) is 75.4 Å². The summed E-state index contributed by atoms with van der Waals surface area (Å²) in [5.74, 6) is -1.73. The molecule has 2 amide bonds. The summed E-state index contributed by atoms with van der Waals surface area (Å²) in [6, 6.07) is 21.6. The van der Waals surface area contributed by atoms with Crippen LogP contribution in [0.1, 0.15) is 5.56 Å². The van der Waals surface area contributed by atoms with Crippen LogP contribution in [0.5, 0.6) is 0 Å². The van der Waals surface area contributed by atoms with Crippen molar-refractivity contribution in [2.24, 2.45) is 0 Å². The molecule has 0 heterocycles. The number of nitrogen functional groups attached to an aromatic ring is 1. The Kier molecular flexibility index (Phi) is 6.01. The van der Waals surface area contributed by atoms with Gasteiger partial charge in [0.25, 0.3) is 0 Å². The Morgan fingerprint density at radius 2 is 1.46 bits per heavy atom. The molecule has 0 atom stereocenters. The number of hydrogen-bond acceptors (Lipinski definition) is 3. The molecule has 3 aromatic carbocycles. The van der Waals surface area contributed by atoms with E-state index in [2.05, 4.69) is 5.32 Å². The number of amides is 2. The number of para-hydroxylation sites is 1. The van der Waals surface area contributed by atoms with E-state index < -0.39 is 11.8 Å². The van der Waals surface area contributed by atoms with Crippen molar-refractivity contribution in [3.05, 3.63) is 90.2 Å². The van der Waals surface area contributed by atoms with Crippen molar-refractivity contribution in [2.75, 3.05) is 17.2 Å². The van der Waals surface area contributed by atoms with Crippen LogP contribution in [0.3, 0.4) is 0 Å². The average molecular weight is 377 g/mol. The number of hydrogen-bond donors (Lipinski definition) is 2. The molecule has 0 unspecified atom stereocenters. The summed E-state index contributed by atoms with van der Waals surface area (Å²) < 4.78 is 13.0. The molecule has 0 aromatic heterocycles. The first-order valence-corrected chi connectivity index (χ1v) is 8.82. The summed E-state index contributed by atoms with van der Waals surface area (Å²) in [7, 11) is 0. The standard InChI is InChI=1S/C22H20FN3O2/c23-17-8-6-16(7-9-17)14-15-25-21(27)22(28)26(19-4-2-1-3-5-19)20-12-10-18(24)11-13-20/h1-13H,14-15,24H2,(H,25,27). The number of nitrogens with one attached hydrogen (secondary N) is 1. The molecule has 6 heteroatoms. The van der Waals surface area contributed by atoms with Crippen molar-refractivity contribution >= 4 is 28.9 Å². The summed E-state index contributed by atoms with van der Waals surface area (Å²) in [4.78, 5) is 26.6. The molecular formula is C22H20FN3O2. The highest BCUT2D eigenvalue weighted by atomic mass is 19.1. The molecule has 28 heavy (non-hydrogen) atoms. The Balaban J connectivity index is 1.72. The van der Waals surface area contributed by atoms with E-state index in [-0.39, 0.29) is 12.4 Å². The predicted molar refractivity (Wildman–Crippen MR) is 108 cm³/mol. The molecule has 0 bridgehead atoms. The number of nitrogens with two attached hydrogens (primary N) is 1. The Hall–Kier alpha value is -3.67. The van der Waals surface area contributed by atoms with Crippen molar-refractivity contribution in [3.63, 3.8) is 0 Å². The van der Waals surface area contributed by atoms with Gasteiger partial charge in [0.2, 0.25) is 0 Å². The van der Waals surface area contributed by atoms with Gasteiger partial charge in [-0.25, -0.2) is 4.39 Å². The van der Waals surface area contributed by atoms with Crippen LogP contribution in [0.25, 0.3) is 0 Å². The first-order chi connectivity index (χ1) is 13.5. The van der Waals surface area contributed by atoms with E-state index in [1.54, 1.807) is 60.7 Å². The van der Waals surface area contributed by atoms with Gasteiger partial charge in [-0.3, -0.25) is 14.5 Å². The number of rotatable bonds is 5. The van der Waals surface area contributed by atoms with Crippen LogP contribution in [-0.4, -0.2) is 18.4 Å². The van der Waals surface area contributed by atoms with Gasteiger partial charge in [-0.05, 0) is 60.5 Å². The highest BCUT2D eigenvalue weighted by molar-refractivity contribution is 6.42. The zero-order chi connectivity index (χ0) is 19.9. The lowest BCUT2D eigenvalue weighted by molar-refractivity contribution is -0.137. The number of carbonyl (C=O) groups excluding carboxylic acids is 2. The second kappa shape index (κ2) is 8.81. The zero-order valence-corrected chi connectivity index (χ0v) is 15.1. The summed E-state index contributed by atoms with van der Waals surface area (Å²) in [5, 5.41) is 2.63.